The molecule has 0 saturated carbocycles. The van der Waals surface area contributed by atoms with E-state index in [4.69, 9.17) is 23.2 Å². The van der Waals surface area contributed by atoms with E-state index in [-0.39, 0.29) is 17.1 Å². The summed E-state index contributed by atoms with van der Waals surface area (Å²) in [6.07, 6.45) is 1.75. The first-order valence-electron chi connectivity index (χ1n) is 9.35. The highest BCUT2D eigenvalue weighted by Gasteiger charge is 2.27. The fourth-order valence-corrected chi connectivity index (χ4v) is 3.97. The SMILES string of the molecule is Cc1ccc(-c2cc(N3CCN(c4ncccc4Cl)CC3C)nc(Cl)n2)cc1F. The number of aryl methyl sites for hydroxylation is 1. The lowest BCUT2D eigenvalue weighted by molar-refractivity contribution is 0.542. The molecule has 3 aromatic rings. The van der Waals surface area contributed by atoms with Gasteiger partial charge in [-0.25, -0.2) is 19.3 Å². The van der Waals surface area contributed by atoms with E-state index < -0.39 is 0 Å². The molecule has 0 spiro atoms. The van der Waals surface area contributed by atoms with E-state index in [9.17, 15) is 4.39 Å². The molecule has 0 aliphatic carbocycles. The van der Waals surface area contributed by atoms with Gasteiger partial charge in [0.1, 0.15) is 17.5 Å². The van der Waals surface area contributed by atoms with Gasteiger partial charge in [-0.15, -0.1) is 0 Å². The number of nitrogens with zero attached hydrogens (tertiary/aromatic N) is 5. The van der Waals surface area contributed by atoms with E-state index in [1.807, 2.05) is 24.3 Å². The number of halogens is 3. The summed E-state index contributed by atoms with van der Waals surface area (Å²) in [6.45, 7) is 6.06. The van der Waals surface area contributed by atoms with E-state index in [0.29, 0.717) is 21.8 Å². The number of pyridine rings is 1. The predicted octanol–water partition coefficient (Wildman–Crippen LogP) is 5.01. The van der Waals surface area contributed by atoms with Gasteiger partial charge in [-0.1, -0.05) is 23.7 Å². The van der Waals surface area contributed by atoms with Crippen LogP contribution in [0.4, 0.5) is 16.0 Å². The molecular weight excluding hydrogens is 412 g/mol. The summed E-state index contributed by atoms with van der Waals surface area (Å²) >= 11 is 12.5. The second-order valence-electron chi connectivity index (χ2n) is 7.14. The van der Waals surface area contributed by atoms with Crippen LogP contribution in [-0.2, 0) is 0 Å². The molecule has 1 saturated heterocycles. The van der Waals surface area contributed by atoms with E-state index in [1.165, 1.54) is 6.07 Å². The maximum Gasteiger partial charge on any atom is 0.224 e. The fourth-order valence-electron chi connectivity index (χ4n) is 3.55. The van der Waals surface area contributed by atoms with Gasteiger partial charge in [0.2, 0.25) is 5.28 Å². The van der Waals surface area contributed by atoms with E-state index in [1.54, 1.807) is 19.2 Å². The molecule has 150 valence electrons. The Morgan fingerprint density at radius 2 is 1.93 bits per heavy atom. The number of benzene rings is 1. The number of hydrogen-bond acceptors (Lipinski definition) is 5. The molecule has 0 amide bonds. The quantitative estimate of drug-likeness (QED) is 0.545. The molecular formula is C21H20Cl2FN5. The first-order chi connectivity index (χ1) is 13.9. The number of piperazine rings is 1. The van der Waals surface area contributed by atoms with Crippen LogP contribution in [0.1, 0.15) is 12.5 Å². The standard InChI is InChI=1S/C21H20Cl2FN5/c1-13-5-6-15(10-17(13)24)18-11-19(27-21(23)26-18)29-9-8-28(12-14(29)2)20-16(22)4-3-7-25-20/h3-7,10-11,14H,8-9,12H2,1-2H3. The van der Waals surface area contributed by atoms with Gasteiger partial charge in [0.15, 0.2) is 0 Å². The minimum absolute atomic E-state index is 0.140. The summed E-state index contributed by atoms with van der Waals surface area (Å²) in [5, 5.41) is 0.780. The van der Waals surface area contributed by atoms with Crippen molar-refractivity contribution in [3.63, 3.8) is 0 Å². The average Bonchev–Trinajstić information content (AvgIpc) is 2.70. The van der Waals surface area contributed by atoms with Gasteiger partial charge < -0.3 is 9.80 Å². The predicted molar refractivity (Wildman–Crippen MR) is 115 cm³/mol. The molecule has 2 aromatic heterocycles. The maximum atomic E-state index is 14.0. The normalized spacial score (nSPS) is 16.9. The molecule has 1 fully saturated rings. The van der Waals surface area contributed by atoms with Crippen molar-refractivity contribution in [3.05, 3.63) is 64.3 Å². The largest absolute Gasteiger partial charge is 0.352 e. The summed E-state index contributed by atoms with van der Waals surface area (Å²) < 4.78 is 14.0. The Balaban J connectivity index is 1.60. The van der Waals surface area contributed by atoms with Crippen LogP contribution in [0.2, 0.25) is 10.3 Å². The van der Waals surface area contributed by atoms with Crippen molar-refractivity contribution in [2.45, 2.75) is 19.9 Å². The number of hydrogen-bond donors (Lipinski definition) is 0. The van der Waals surface area contributed by atoms with Crippen LogP contribution in [0.25, 0.3) is 11.3 Å². The zero-order chi connectivity index (χ0) is 20.5. The molecule has 5 nitrogen and oxygen atoms in total. The van der Waals surface area contributed by atoms with Crippen LogP contribution >= 0.6 is 23.2 Å². The molecule has 4 rings (SSSR count). The molecule has 1 unspecified atom stereocenters. The van der Waals surface area contributed by atoms with Crippen molar-refractivity contribution in [2.24, 2.45) is 0 Å². The van der Waals surface area contributed by atoms with Gasteiger partial charge >= 0.3 is 0 Å². The van der Waals surface area contributed by atoms with Crippen LogP contribution in [-0.4, -0.2) is 40.6 Å². The third kappa shape index (κ3) is 4.14. The minimum atomic E-state index is -0.270. The zero-order valence-electron chi connectivity index (χ0n) is 16.1. The molecule has 0 N–H and O–H groups in total. The molecule has 1 aliphatic heterocycles. The van der Waals surface area contributed by atoms with Gasteiger partial charge in [0.25, 0.3) is 0 Å². The lowest BCUT2D eigenvalue weighted by atomic mass is 10.1. The van der Waals surface area contributed by atoms with Crippen molar-refractivity contribution in [3.8, 4) is 11.3 Å². The van der Waals surface area contributed by atoms with E-state index in [2.05, 4.69) is 31.7 Å². The number of rotatable bonds is 3. The van der Waals surface area contributed by atoms with Crippen molar-refractivity contribution in [1.29, 1.82) is 0 Å². The average molecular weight is 432 g/mol. The van der Waals surface area contributed by atoms with Crippen molar-refractivity contribution >= 4 is 34.8 Å². The van der Waals surface area contributed by atoms with Gasteiger partial charge in [-0.3, -0.25) is 0 Å². The summed E-state index contributed by atoms with van der Waals surface area (Å²) in [5.41, 5.74) is 1.86. The lowest BCUT2D eigenvalue weighted by Crippen LogP contribution is -2.52. The summed E-state index contributed by atoms with van der Waals surface area (Å²) in [5.74, 6) is 1.24. The molecule has 1 atom stereocenters. The van der Waals surface area contributed by atoms with Gasteiger partial charge in [0.05, 0.1) is 10.7 Å². The number of anilines is 2. The highest BCUT2D eigenvalue weighted by molar-refractivity contribution is 6.32. The van der Waals surface area contributed by atoms with Crippen LogP contribution in [0.5, 0.6) is 0 Å². The highest BCUT2D eigenvalue weighted by Crippen LogP contribution is 2.29. The van der Waals surface area contributed by atoms with Gasteiger partial charge in [-0.2, -0.15) is 0 Å². The maximum absolute atomic E-state index is 14.0. The highest BCUT2D eigenvalue weighted by atomic mass is 35.5. The smallest absolute Gasteiger partial charge is 0.224 e. The molecule has 0 bridgehead atoms. The van der Waals surface area contributed by atoms with Crippen LogP contribution in [0.15, 0.2) is 42.6 Å². The Morgan fingerprint density at radius 3 is 2.66 bits per heavy atom. The van der Waals surface area contributed by atoms with Gasteiger partial charge in [-0.05, 0) is 49.2 Å². The topological polar surface area (TPSA) is 45.2 Å². The van der Waals surface area contributed by atoms with Crippen LogP contribution in [0, 0.1) is 12.7 Å². The molecule has 29 heavy (non-hydrogen) atoms. The van der Waals surface area contributed by atoms with Gasteiger partial charge in [0, 0.05) is 43.5 Å². The van der Waals surface area contributed by atoms with Crippen molar-refractivity contribution in [2.75, 3.05) is 29.4 Å². The van der Waals surface area contributed by atoms with E-state index >= 15 is 0 Å². The second kappa shape index (κ2) is 8.13. The molecule has 0 radical (unpaired) electrons. The zero-order valence-corrected chi connectivity index (χ0v) is 17.6. The second-order valence-corrected chi connectivity index (χ2v) is 7.89. The summed E-state index contributed by atoms with van der Waals surface area (Å²) in [7, 11) is 0. The Kier molecular flexibility index (Phi) is 5.56. The van der Waals surface area contributed by atoms with Crippen molar-refractivity contribution in [1.82, 2.24) is 15.0 Å². The Morgan fingerprint density at radius 1 is 1.10 bits per heavy atom. The third-order valence-corrected chi connectivity index (χ3v) is 5.58. The molecule has 1 aliphatic rings. The Labute approximate surface area is 179 Å². The van der Waals surface area contributed by atoms with Crippen molar-refractivity contribution < 1.29 is 4.39 Å². The minimum Gasteiger partial charge on any atom is -0.352 e. The molecule has 8 heteroatoms. The molecule has 1 aromatic carbocycles. The monoisotopic (exact) mass is 431 g/mol. The number of aromatic nitrogens is 3. The summed E-state index contributed by atoms with van der Waals surface area (Å²) in [4.78, 5) is 17.5. The Bertz CT molecular complexity index is 1050. The summed E-state index contributed by atoms with van der Waals surface area (Å²) in [6, 6.07) is 10.7. The third-order valence-electron chi connectivity index (χ3n) is 5.11. The molecule has 3 heterocycles. The lowest BCUT2D eigenvalue weighted by Gasteiger charge is -2.41. The van der Waals surface area contributed by atoms with Crippen LogP contribution in [0.3, 0.4) is 0 Å². The van der Waals surface area contributed by atoms with E-state index in [0.717, 1.165) is 31.3 Å². The fraction of sp³-hybridized carbons (Fsp3) is 0.286. The first kappa shape index (κ1) is 19.9. The van der Waals surface area contributed by atoms with Crippen LogP contribution < -0.4 is 9.80 Å². The Hall–Kier alpha value is -2.44. The first-order valence-corrected chi connectivity index (χ1v) is 10.1.